The average Bonchev–Trinajstić information content (AvgIpc) is 2.25. The summed E-state index contributed by atoms with van der Waals surface area (Å²) < 4.78 is 5.43. The Hall–Kier alpha value is -1.01. The molecule has 0 bridgehead atoms. The summed E-state index contributed by atoms with van der Waals surface area (Å²) in [5.74, 6) is 2.50. The average molecular weight is 224 g/mol. The van der Waals surface area contributed by atoms with E-state index in [1.807, 2.05) is 24.3 Å². The summed E-state index contributed by atoms with van der Waals surface area (Å²) in [6, 6.07) is 7.66. The highest BCUT2D eigenvalue weighted by atomic mass is 35.5. The third kappa shape index (κ3) is 4.85. The predicted molar refractivity (Wildman–Crippen MR) is 62.8 cm³/mol. The Labute approximate surface area is 95.6 Å². The van der Waals surface area contributed by atoms with Crippen molar-refractivity contribution < 1.29 is 4.74 Å². The first-order chi connectivity index (χ1) is 7.34. The largest absolute Gasteiger partial charge is 0.375 e. The molecular formula is C12H14ClNO. The molecule has 1 aromatic carbocycles. The second-order valence-corrected chi connectivity index (χ2v) is 3.43. The molecule has 3 heteroatoms. The fraction of sp³-hybridized carbons (Fsp3) is 0.333. The van der Waals surface area contributed by atoms with E-state index in [-0.39, 0.29) is 0 Å². The number of benzene rings is 1. The molecule has 0 spiro atoms. The molecule has 1 aromatic rings. The molecule has 0 aliphatic heterocycles. The van der Waals surface area contributed by atoms with Crippen LogP contribution in [0.5, 0.6) is 0 Å². The first-order valence-corrected chi connectivity index (χ1v) is 5.17. The molecule has 0 atom stereocenters. The van der Waals surface area contributed by atoms with E-state index in [9.17, 15) is 0 Å². The Morgan fingerprint density at radius 3 is 2.93 bits per heavy atom. The summed E-state index contributed by atoms with van der Waals surface area (Å²) in [5.41, 5.74) is 1.01. The summed E-state index contributed by atoms with van der Waals surface area (Å²) in [6.45, 7) is 2.51. The topological polar surface area (TPSA) is 21.3 Å². The van der Waals surface area contributed by atoms with Crippen LogP contribution >= 0.6 is 11.6 Å². The van der Waals surface area contributed by atoms with Gasteiger partial charge < -0.3 is 10.1 Å². The van der Waals surface area contributed by atoms with Gasteiger partial charge in [-0.2, -0.15) is 0 Å². The van der Waals surface area contributed by atoms with Gasteiger partial charge in [0.2, 0.25) is 0 Å². The van der Waals surface area contributed by atoms with E-state index in [0.29, 0.717) is 19.8 Å². The number of ether oxygens (including phenoxy) is 1. The van der Waals surface area contributed by atoms with Gasteiger partial charge in [0.15, 0.2) is 0 Å². The fourth-order valence-electron chi connectivity index (χ4n) is 1.10. The lowest BCUT2D eigenvalue weighted by atomic mass is 10.2. The zero-order valence-electron chi connectivity index (χ0n) is 8.50. The maximum atomic E-state index is 5.96. The molecule has 1 N–H and O–H groups in total. The molecule has 0 amide bonds. The van der Waals surface area contributed by atoms with Crippen LogP contribution in [0, 0.1) is 12.3 Å². The van der Waals surface area contributed by atoms with Crippen molar-refractivity contribution in [1.82, 2.24) is 5.32 Å². The quantitative estimate of drug-likeness (QED) is 0.589. The summed E-state index contributed by atoms with van der Waals surface area (Å²) >= 11 is 5.96. The van der Waals surface area contributed by atoms with Gasteiger partial charge in [-0.3, -0.25) is 0 Å². The van der Waals surface area contributed by atoms with Gasteiger partial charge in [0.1, 0.15) is 0 Å². The van der Waals surface area contributed by atoms with Gasteiger partial charge in [-0.25, -0.2) is 0 Å². The van der Waals surface area contributed by atoms with Crippen molar-refractivity contribution in [2.24, 2.45) is 0 Å². The van der Waals surface area contributed by atoms with E-state index < -0.39 is 0 Å². The van der Waals surface area contributed by atoms with Crippen LogP contribution in [0.1, 0.15) is 5.56 Å². The predicted octanol–water partition coefficient (Wildman–Crippen LogP) is 2.08. The monoisotopic (exact) mass is 223 g/mol. The maximum absolute atomic E-state index is 5.96. The zero-order valence-corrected chi connectivity index (χ0v) is 9.26. The molecular weight excluding hydrogens is 210 g/mol. The van der Waals surface area contributed by atoms with Crippen LogP contribution in [0.4, 0.5) is 0 Å². The van der Waals surface area contributed by atoms with Crippen LogP contribution in [0.3, 0.4) is 0 Å². The van der Waals surface area contributed by atoms with Crippen molar-refractivity contribution in [2.45, 2.75) is 6.61 Å². The molecule has 0 saturated carbocycles. The number of halogens is 1. The van der Waals surface area contributed by atoms with Crippen LogP contribution in [0.2, 0.25) is 5.02 Å². The SMILES string of the molecule is C#CCNCCOCc1ccccc1Cl. The van der Waals surface area contributed by atoms with Crippen molar-refractivity contribution in [3.8, 4) is 12.3 Å². The van der Waals surface area contributed by atoms with E-state index in [0.717, 1.165) is 17.1 Å². The number of rotatable bonds is 6. The second-order valence-electron chi connectivity index (χ2n) is 3.02. The molecule has 0 aromatic heterocycles. The van der Waals surface area contributed by atoms with Gasteiger partial charge in [0.25, 0.3) is 0 Å². The molecule has 2 nitrogen and oxygen atoms in total. The first kappa shape index (κ1) is 12.1. The minimum absolute atomic E-state index is 0.539. The van der Waals surface area contributed by atoms with E-state index in [1.165, 1.54) is 0 Å². The summed E-state index contributed by atoms with van der Waals surface area (Å²) in [5, 5.41) is 3.79. The van der Waals surface area contributed by atoms with Gasteiger partial charge in [-0.1, -0.05) is 35.7 Å². The highest BCUT2D eigenvalue weighted by Crippen LogP contribution is 2.15. The third-order valence-electron chi connectivity index (χ3n) is 1.87. The summed E-state index contributed by atoms with van der Waals surface area (Å²) in [7, 11) is 0. The maximum Gasteiger partial charge on any atom is 0.0731 e. The molecule has 80 valence electrons. The van der Waals surface area contributed by atoms with Gasteiger partial charge in [-0.05, 0) is 11.6 Å². The number of hydrogen-bond donors (Lipinski definition) is 1. The van der Waals surface area contributed by atoms with E-state index in [4.69, 9.17) is 22.8 Å². The molecule has 0 radical (unpaired) electrons. The van der Waals surface area contributed by atoms with Crippen LogP contribution in [0.15, 0.2) is 24.3 Å². The number of terminal acetylenes is 1. The van der Waals surface area contributed by atoms with Crippen LogP contribution in [-0.2, 0) is 11.3 Å². The molecule has 0 fully saturated rings. The first-order valence-electron chi connectivity index (χ1n) is 4.80. The smallest absolute Gasteiger partial charge is 0.0731 e. The molecule has 1 rings (SSSR count). The molecule has 0 unspecified atom stereocenters. The van der Waals surface area contributed by atoms with Gasteiger partial charge in [-0.15, -0.1) is 6.42 Å². The Balaban J connectivity index is 2.16. The van der Waals surface area contributed by atoms with Crippen molar-refractivity contribution >= 4 is 11.6 Å². The number of hydrogen-bond acceptors (Lipinski definition) is 2. The third-order valence-corrected chi connectivity index (χ3v) is 2.23. The summed E-state index contributed by atoms with van der Waals surface area (Å²) in [6.07, 6.45) is 5.08. The Bertz CT molecular complexity index is 333. The van der Waals surface area contributed by atoms with Crippen LogP contribution in [-0.4, -0.2) is 19.7 Å². The molecule has 0 saturated heterocycles. The Morgan fingerprint density at radius 2 is 2.20 bits per heavy atom. The molecule has 0 aliphatic carbocycles. The molecule has 0 aliphatic rings. The van der Waals surface area contributed by atoms with Gasteiger partial charge >= 0.3 is 0 Å². The Morgan fingerprint density at radius 1 is 1.40 bits per heavy atom. The number of nitrogens with one attached hydrogen (secondary N) is 1. The lowest BCUT2D eigenvalue weighted by Gasteiger charge is -2.05. The standard InChI is InChI=1S/C12H14ClNO/c1-2-7-14-8-9-15-10-11-5-3-4-6-12(11)13/h1,3-6,14H,7-10H2. The van der Waals surface area contributed by atoms with Crippen LogP contribution in [0.25, 0.3) is 0 Å². The lowest BCUT2D eigenvalue weighted by molar-refractivity contribution is 0.123. The van der Waals surface area contributed by atoms with Gasteiger partial charge in [0, 0.05) is 11.6 Å². The normalized spacial score (nSPS) is 9.87. The molecule has 0 heterocycles. The Kier molecular flexibility index (Phi) is 5.87. The zero-order chi connectivity index (χ0) is 10.9. The van der Waals surface area contributed by atoms with Crippen molar-refractivity contribution in [3.63, 3.8) is 0 Å². The fourth-order valence-corrected chi connectivity index (χ4v) is 1.29. The highest BCUT2D eigenvalue weighted by Gasteiger charge is 1.97. The van der Waals surface area contributed by atoms with E-state index in [2.05, 4.69) is 11.2 Å². The van der Waals surface area contributed by atoms with Crippen LogP contribution < -0.4 is 5.32 Å². The summed E-state index contributed by atoms with van der Waals surface area (Å²) in [4.78, 5) is 0. The molecule has 15 heavy (non-hydrogen) atoms. The lowest BCUT2D eigenvalue weighted by Crippen LogP contribution is -2.19. The van der Waals surface area contributed by atoms with Crippen molar-refractivity contribution in [1.29, 1.82) is 0 Å². The van der Waals surface area contributed by atoms with E-state index in [1.54, 1.807) is 0 Å². The van der Waals surface area contributed by atoms with Crippen molar-refractivity contribution in [2.75, 3.05) is 19.7 Å². The van der Waals surface area contributed by atoms with E-state index >= 15 is 0 Å². The van der Waals surface area contributed by atoms with Gasteiger partial charge in [0.05, 0.1) is 19.8 Å². The minimum Gasteiger partial charge on any atom is -0.375 e. The second kappa shape index (κ2) is 7.30. The highest BCUT2D eigenvalue weighted by molar-refractivity contribution is 6.31. The van der Waals surface area contributed by atoms with Crippen molar-refractivity contribution in [3.05, 3.63) is 34.9 Å². The minimum atomic E-state index is 0.539.